The van der Waals surface area contributed by atoms with E-state index in [-0.39, 0.29) is 0 Å². The summed E-state index contributed by atoms with van der Waals surface area (Å²) < 4.78 is 50.1. The molecule has 1 fully saturated rings. The molecule has 1 aliphatic carbocycles. The summed E-state index contributed by atoms with van der Waals surface area (Å²) in [6.07, 6.45) is -2.10. The summed E-state index contributed by atoms with van der Waals surface area (Å²) in [5, 5.41) is 8.57. The maximum absolute atomic E-state index is 13.0. The first-order chi connectivity index (χ1) is 8.26. The molecular formula is C10H13F4NO3. The van der Waals surface area contributed by atoms with E-state index in [2.05, 4.69) is 0 Å². The quantitative estimate of drug-likeness (QED) is 0.775. The molecule has 1 saturated carbocycles. The average molecular weight is 271 g/mol. The summed E-state index contributed by atoms with van der Waals surface area (Å²) in [7, 11) is 0. The normalized spacial score (nSPS) is 17.2. The van der Waals surface area contributed by atoms with Gasteiger partial charge in [-0.25, -0.2) is 8.78 Å². The molecule has 0 bridgehead atoms. The third kappa shape index (κ3) is 3.11. The molecule has 0 heterocycles. The maximum Gasteiger partial charge on any atom is 0.383 e. The lowest BCUT2D eigenvalue weighted by Gasteiger charge is -2.30. The van der Waals surface area contributed by atoms with Crippen molar-refractivity contribution in [3.8, 4) is 0 Å². The Kier molecular flexibility index (Phi) is 4.53. The Labute approximate surface area is 101 Å². The van der Waals surface area contributed by atoms with Crippen LogP contribution >= 0.6 is 0 Å². The number of carboxylic acid groups (broad SMARTS) is 1. The van der Waals surface area contributed by atoms with E-state index >= 15 is 0 Å². The van der Waals surface area contributed by atoms with Crippen LogP contribution in [0.2, 0.25) is 0 Å². The van der Waals surface area contributed by atoms with E-state index in [1.54, 1.807) is 0 Å². The Morgan fingerprint density at radius 1 is 1.28 bits per heavy atom. The number of hydrogen-bond acceptors (Lipinski definition) is 2. The summed E-state index contributed by atoms with van der Waals surface area (Å²) in [5.41, 5.74) is 0. The smallest absolute Gasteiger partial charge is 0.383 e. The van der Waals surface area contributed by atoms with Gasteiger partial charge in [0, 0.05) is 6.04 Å². The molecule has 0 aromatic heterocycles. The van der Waals surface area contributed by atoms with Crippen LogP contribution in [0.4, 0.5) is 17.6 Å². The van der Waals surface area contributed by atoms with Crippen LogP contribution in [0.15, 0.2) is 0 Å². The molecule has 0 aromatic carbocycles. The minimum absolute atomic E-state index is 0.359. The highest BCUT2D eigenvalue weighted by Crippen LogP contribution is 2.30. The molecule has 0 atom stereocenters. The molecule has 0 aromatic rings. The Balaban J connectivity index is 2.88. The SMILES string of the molecule is O=C(O)CN(C(=O)C(F)(F)C(F)F)C1CCCC1. The Bertz CT molecular complexity index is 329. The van der Waals surface area contributed by atoms with Gasteiger partial charge in [-0.2, -0.15) is 8.78 Å². The van der Waals surface area contributed by atoms with Gasteiger partial charge in [0.1, 0.15) is 6.54 Å². The number of carboxylic acids is 1. The summed E-state index contributed by atoms with van der Waals surface area (Å²) in [5.74, 6) is -8.44. The van der Waals surface area contributed by atoms with Crippen LogP contribution in [0.1, 0.15) is 25.7 Å². The topological polar surface area (TPSA) is 57.6 Å². The molecule has 1 aliphatic rings. The standard InChI is InChI=1S/C10H13F4NO3/c11-8(12)10(13,14)9(18)15(5-7(16)17)6-3-1-2-4-6/h6,8H,1-5H2,(H,16,17). The van der Waals surface area contributed by atoms with E-state index in [1.165, 1.54) is 0 Å². The fraction of sp³-hybridized carbons (Fsp3) is 0.800. The second-order valence-electron chi connectivity index (χ2n) is 4.19. The highest BCUT2D eigenvalue weighted by molar-refractivity contribution is 5.87. The molecule has 18 heavy (non-hydrogen) atoms. The van der Waals surface area contributed by atoms with Crippen molar-refractivity contribution in [2.45, 2.75) is 44.1 Å². The van der Waals surface area contributed by atoms with E-state index in [9.17, 15) is 27.2 Å². The zero-order valence-corrected chi connectivity index (χ0v) is 9.41. The minimum Gasteiger partial charge on any atom is -0.480 e. The van der Waals surface area contributed by atoms with Crippen molar-refractivity contribution < 1.29 is 32.3 Å². The molecule has 104 valence electrons. The van der Waals surface area contributed by atoms with Gasteiger partial charge in [0.2, 0.25) is 0 Å². The number of nitrogens with zero attached hydrogens (tertiary/aromatic N) is 1. The number of hydrogen-bond donors (Lipinski definition) is 1. The molecular weight excluding hydrogens is 258 g/mol. The van der Waals surface area contributed by atoms with E-state index in [4.69, 9.17) is 5.11 Å². The van der Waals surface area contributed by atoms with Crippen molar-refractivity contribution in [1.82, 2.24) is 4.90 Å². The summed E-state index contributed by atoms with van der Waals surface area (Å²) in [6.45, 7) is -0.980. The van der Waals surface area contributed by atoms with Gasteiger partial charge in [0.25, 0.3) is 5.91 Å². The number of carbonyl (C=O) groups excluding carboxylic acids is 1. The van der Waals surface area contributed by atoms with Gasteiger partial charge in [0.15, 0.2) is 0 Å². The Morgan fingerprint density at radius 2 is 1.78 bits per heavy atom. The summed E-state index contributed by atoms with van der Waals surface area (Å²) in [6, 6.07) is -0.696. The monoisotopic (exact) mass is 271 g/mol. The molecule has 8 heteroatoms. The number of aliphatic carboxylic acids is 1. The van der Waals surface area contributed by atoms with Crippen molar-refractivity contribution in [1.29, 1.82) is 0 Å². The summed E-state index contributed by atoms with van der Waals surface area (Å²) in [4.78, 5) is 22.3. The maximum atomic E-state index is 13.0. The lowest BCUT2D eigenvalue weighted by atomic mass is 10.1. The van der Waals surface area contributed by atoms with E-state index < -0.39 is 36.8 Å². The molecule has 1 amide bonds. The Hall–Kier alpha value is -1.34. The van der Waals surface area contributed by atoms with Crippen LogP contribution in [-0.2, 0) is 9.59 Å². The van der Waals surface area contributed by atoms with Crippen LogP contribution in [-0.4, -0.2) is 46.8 Å². The van der Waals surface area contributed by atoms with Gasteiger partial charge >= 0.3 is 18.3 Å². The van der Waals surface area contributed by atoms with Crippen molar-refractivity contribution in [3.05, 3.63) is 0 Å². The van der Waals surface area contributed by atoms with Gasteiger partial charge in [-0.15, -0.1) is 0 Å². The van der Waals surface area contributed by atoms with Crippen molar-refractivity contribution in [3.63, 3.8) is 0 Å². The van der Waals surface area contributed by atoms with Gasteiger partial charge in [-0.1, -0.05) is 12.8 Å². The van der Waals surface area contributed by atoms with Crippen LogP contribution in [0.5, 0.6) is 0 Å². The number of rotatable bonds is 5. The molecule has 0 saturated heterocycles. The predicted molar refractivity (Wildman–Crippen MR) is 52.6 cm³/mol. The highest BCUT2D eigenvalue weighted by Gasteiger charge is 2.52. The first-order valence-corrected chi connectivity index (χ1v) is 5.45. The Morgan fingerprint density at radius 3 is 2.17 bits per heavy atom. The first kappa shape index (κ1) is 14.7. The predicted octanol–water partition coefficient (Wildman–Crippen LogP) is 1.74. The van der Waals surface area contributed by atoms with E-state index in [0.717, 1.165) is 0 Å². The first-order valence-electron chi connectivity index (χ1n) is 5.45. The van der Waals surface area contributed by atoms with Crippen LogP contribution in [0, 0.1) is 0 Å². The molecule has 4 nitrogen and oxygen atoms in total. The second-order valence-corrected chi connectivity index (χ2v) is 4.19. The molecule has 0 aliphatic heterocycles. The van der Waals surface area contributed by atoms with Crippen LogP contribution < -0.4 is 0 Å². The van der Waals surface area contributed by atoms with Gasteiger partial charge in [-0.3, -0.25) is 9.59 Å². The van der Waals surface area contributed by atoms with Crippen molar-refractivity contribution >= 4 is 11.9 Å². The van der Waals surface area contributed by atoms with E-state index in [1.807, 2.05) is 0 Å². The highest BCUT2D eigenvalue weighted by atomic mass is 19.3. The fourth-order valence-corrected chi connectivity index (χ4v) is 2.01. The fourth-order valence-electron chi connectivity index (χ4n) is 2.01. The average Bonchev–Trinajstić information content (AvgIpc) is 2.77. The zero-order valence-electron chi connectivity index (χ0n) is 9.41. The lowest BCUT2D eigenvalue weighted by molar-refractivity contribution is -0.184. The second kappa shape index (κ2) is 5.53. The summed E-state index contributed by atoms with van der Waals surface area (Å²) >= 11 is 0. The molecule has 0 unspecified atom stereocenters. The van der Waals surface area contributed by atoms with Gasteiger partial charge in [0.05, 0.1) is 0 Å². The van der Waals surface area contributed by atoms with Gasteiger partial charge in [-0.05, 0) is 12.8 Å². The lowest BCUT2D eigenvalue weighted by Crippen LogP contribution is -2.52. The third-order valence-electron chi connectivity index (χ3n) is 2.89. The molecule has 0 radical (unpaired) electrons. The van der Waals surface area contributed by atoms with Crippen molar-refractivity contribution in [2.75, 3.05) is 6.54 Å². The number of alkyl halides is 4. The minimum atomic E-state index is -4.84. The molecule has 0 spiro atoms. The number of amides is 1. The van der Waals surface area contributed by atoms with Crippen molar-refractivity contribution in [2.24, 2.45) is 0 Å². The third-order valence-corrected chi connectivity index (χ3v) is 2.89. The largest absolute Gasteiger partial charge is 0.480 e. The van der Waals surface area contributed by atoms with E-state index in [0.29, 0.717) is 30.6 Å². The van der Waals surface area contributed by atoms with Gasteiger partial charge < -0.3 is 10.0 Å². The van der Waals surface area contributed by atoms with Crippen LogP contribution in [0.25, 0.3) is 0 Å². The number of halogens is 4. The zero-order chi connectivity index (χ0) is 13.9. The number of carbonyl (C=O) groups is 2. The van der Waals surface area contributed by atoms with Crippen LogP contribution in [0.3, 0.4) is 0 Å². The molecule has 1 rings (SSSR count). The molecule has 1 N–H and O–H groups in total.